The second kappa shape index (κ2) is 11.0. The van der Waals surface area contributed by atoms with E-state index in [2.05, 4.69) is 61.5 Å². The third-order valence-electron chi connectivity index (χ3n) is 12.2. The summed E-state index contributed by atoms with van der Waals surface area (Å²) in [6.45, 7) is 2.22. The highest BCUT2D eigenvalue weighted by Crippen LogP contribution is 2.72. The van der Waals surface area contributed by atoms with Gasteiger partial charge in [-0.25, -0.2) is 0 Å². The van der Waals surface area contributed by atoms with Gasteiger partial charge in [-0.1, -0.05) is 74.4 Å². The van der Waals surface area contributed by atoms with Crippen LogP contribution in [0.25, 0.3) is 0 Å². The van der Waals surface area contributed by atoms with Crippen LogP contribution >= 0.6 is 0 Å². The van der Waals surface area contributed by atoms with Crippen molar-refractivity contribution in [3.8, 4) is 28.7 Å². The molecule has 0 aromatic heterocycles. The predicted octanol–water partition coefficient (Wildman–Crippen LogP) is 7.91. The largest absolute Gasteiger partial charge is 0.497 e. The maximum absolute atomic E-state index is 13.4. The number of aliphatic hydroxyl groups is 1. The second-order valence-corrected chi connectivity index (χ2v) is 14.0. The number of unbranched alkanes of at least 4 members (excludes halogenated alkanes) is 1. The van der Waals surface area contributed by atoms with Crippen LogP contribution in [0.2, 0.25) is 0 Å². The van der Waals surface area contributed by atoms with Gasteiger partial charge in [0.25, 0.3) is 0 Å². The molecule has 0 atom stereocenters. The van der Waals surface area contributed by atoms with E-state index >= 15 is 0 Å². The molecule has 0 heterocycles. The zero-order valence-corrected chi connectivity index (χ0v) is 30.1. The molecule has 1 N–H and O–H groups in total. The lowest BCUT2D eigenvalue weighted by atomic mass is 9.47. The van der Waals surface area contributed by atoms with Crippen LogP contribution < -0.4 is 23.7 Å². The van der Waals surface area contributed by atoms with Crippen molar-refractivity contribution in [3.63, 3.8) is 0 Å². The fraction of sp³-hybridized carbons (Fsp3) is 0.318. The Morgan fingerprint density at radius 1 is 0.569 bits per heavy atom. The molecular weight excluding hydrogens is 640 g/mol. The highest BCUT2D eigenvalue weighted by Gasteiger charge is 2.65. The first-order chi connectivity index (χ1) is 24.8. The lowest BCUT2D eigenvalue weighted by Gasteiger charge is -2.58. The molecule has 6 aliphatic carbocycles. The zero-order chi connectivity index (χ0) is 35.4. The van der Waals surface area contributed by atoms with Crippen molar-refractivity contribution in [2.45, 2.75) is 48.7 Å². The fourth-order valence-corrected chi connectivity index (χ4v) is 10.3. The van der Waals surface area contributed by atoms with Gasteiger partial charge in [-0.15, -0.1) is 0 Å². The zero-order valence-electron chi connectivity index (χ0n) is 30.1. The highest BCUT2D eigenvalue weighted by atomic mass is 16.5. The van der Waals surface area contributed by atoms with Crippen molar-refractivity contribution in [2.24, 2.45) is 0 Å². The Kier molecular flexibility index (Phi) is 6.90. The number of benzene rings is 5. The van der Waals surface area contributed by atoms with Crippen molar-refractivity contribution >= 4 is 0 Å². The summed E-state index contributed by atoms with van der Waals surface area (Å²) in [6.07, 6.45) is 2.67. The summed E-state index contributed by atoms with van der Waals surface area (Å²) in [7, 11) is 10.2. The van der Waals surface area contributed by atoms with Crippen LogP contribution in [-0.4, -0.2) is 47.8 Å². The summed E-state index contributed by atoms with van der Waals surface area (Å²) < 4.78 is 38.1. The number of rotatable bonds is 9. The molecule has 7 heteroatoms. The van der Waals surface area contributed by atoms with Gasteiger partial charge in [0.15, 0.2) is 5.60 Å². The molecule has 0 radical (unpaired) electrons. The molecule has 6 aliphatic rings. The number of ether oxygens (including phenoxy) is 6. The number of hydrogen-bond acceptors (Lipinski definition) is 7. The van der Waals surface area contributed by atoms with Gasteiger partial charge in [-0.3, -0.25) is 0 Å². The molecule has 260 valence electrons. The third kappa shape index (κ3) is 3.56. The molecule has 0 amide bonds. The number of hydrogen-bond donors (Lipinski definition) is 1. The van der Waals surface area contributed by atoms with E-state index < -0.39 is 16.6 Å². The molecule has 0 saturated carbocycles. The Labute approximate surface area is 298 Å². The van der Waals surface area contributed by atoms with Gasteiger partial charge < -0.3 is 33.5 Å². The molecule has 0 saturated heterocycles. The average molecular weight is 683 g/mol. The van der Waals surface area contributed by atoms with Crippen LogP contribution in [0.1, 0.15) is 98.9 Å². The Hall–Kier alpha value is -4.98. The van der Waals surface area contributed by atoms with E-state index in [4.69, 9.17) is 28.4 Å². The maximum atomic E-state index is 13.4. The molecule has 5 aromatic carbocycles. The molecule has 11 rings (SSSR count). The van der Waals surface area contributed by atoms with Crippen molar-refractivity contribution in [3.05, 3.63) is 146 Å². The van der Waals surface area contributed by atoms with E-state index in [1.54, 1.807) is 42.7 Å². The second-order valence-electron chi connectivity index (χ2n) is 14.0. The Morgan fingerprint density at radius 3 is 1.57 bits per heavy atom. The molecule has 0 fully saturated rings. The SMILES string of the molecule is CCCCC12c3cc(OC)cc(OC)c3C(OC)(c3c(OC)cc(OC)cc31)c1c2cc2c(c1OC)C1(O)c3ccccc3C2c2ccccc21. The van der Waals surface area contributed by atoms with E-state index in [9.17, 15) is 5.11 Å². The fourth-order valence-electron chi connectivity index (χ4n) is 10.3. The van der Waals surface area contributed by atoms with Gasteiger partial charge in [0.2, 0.25) is 0 Å². The van der Waals surface area contributed by atoms with Gasteiger partial charge in [0, 0.05) is 52.8 Å². The summed E-state index contributed by atoms with van der Waals surface area (Å²) in [5.41, 5.74) is 8.05. The van der Waals surface area contributed by atoms with Crippen molar-refractivity contribution in [2.75, 3.05) is 42.7 Å². The minimum Gasteiger partial charge on any atom is -0.497 e. The minimum absolute atomic E-state index is 0.110. The summed E-state index contributed by atoms with van der Waals surface area (Å²) in [5, 5.41) is 13.4. The molecule has 7 nitrogen and oxygen atoms in total. The van der Waals surface area contributed by atoms with Gasteiger partial charge >= 0.3 is 0 Å². The lowest BCUT2D eigenvalue weighted by Crippen LogP contribution is -2.53. The third-order valence-corrected chi connectivity index (χ3v) is 12.2. The van der Waals surface area contributed by atoms with Gasteiger partial charge in [-0.2, -0.15) is 0 Å². The Balaban J connectivity index is 1.53. The average Bonchev–Trinajstić information content (AvgIpc) is 3.18. The van der Waals surface area contributed by atoms with Gasteiger partial charge in [0.05, 0.1) is 35.5 Å². The standard InChI is InChI=1S/C44H42O7/c1-8-9-18-42-31-19-24(46-2)21-34(48-4)38(31)44(51-7,39-32(42)20-25(47-3)22-35(39)49-5)40-33(42)23-28-36-26-14-10-12-16-29(26)43(45,37(28)41(40)50-6)30-17-13-11-15-27(30)36/h10-17,19-23,36,45H,8-9,18H2,1-7H3. The van der Waals surface area contributed by atoms with Crippen molar-refractivity contribution < 1.29 is 33.5 Å². The number of methoxy groups -OCH3 is 6. The van der Waals surface area contributed by atoms with Crippen LogP contribution in [0, 0.1) is 0 Å². The topological polar surface area (TPSA) is 75.6 Å². The molecule has 0 aliphatic heterocycles. The van der Waals surface area contributed by atoms with Crippen molar-refractivity contribution in [1.82, 2.24) is 0 Å². The molecule has 0 unspecified atom stereocenters. The lowest BCUT2D eigenvalue weighted by molar-refractivity contribution is 0.0362. The summed E-state index contributed by atoms with van der Waals surface area (Å²) >= 11 is 0. The molecule has 4 bridgehead atoms. The van der Waals surface area contributed by atoms with Crippen LogP contribution in [0.5, 0.6) is 28.7 Å². The van der Waals surface area contributed by atoms with Crippen LogP contribution in [0.15, 0.2) is 78.9 Å². The molecule has 0 spiro atoms. The first-order valence-corrected chi connectivity index (χ1v) is 17.6. The minimum atomic E-state index is -1.47. The maximum Gasteiger partial charge on any atom is 0.155 e. The van der Waals surface area contributed by atoms with E-state index in [0.717, 1.165) is 86.0 Å². The highest BCUT2D eigenvalue weighted by molar-refractivity contribution is 5.85. The normalized spacial score (nSPS) is 23.6. The molecular formula is C44H42O7. The van der Waals surface area contributed by atoms with Crippen molar-refractivity contribution in [1.29, 1.82) is 0 Å². The Morgan fingerprint density at radius 2 is 1.10 bits per heavy atom. The van der Waals surface area contributed by atoms with Gasteiger partial charge in [0.1, 0.15) is 34.3 Å². The summed E-state index contributed by atoms with van der Waals surface area (Å²) in [4.78, 5) is 0. The van der Waals surface area contributed by atoms with E-state index in [1.165, 1.54) is 0 Å². The quantitative estimate of drug-likeness (QED) is 0.169. The first kappa shape index (κ1) is 32.0. The first-order valence-electron chi connectivity index (χ1n) is 17.6. The predicted molar refractivity (Wildman–Crippen MR) is 194 cm³/mol. The van der Waals surface area contributed by atoms with E-state index in [1.807, 2.05) is 24.3 Å². The van der Waals surface area contributed by atoms with E-state index in [-0.39, 0.29) is 5.92 Å². The smallest absolute Gasteiger partial charge is 0.155 e. The molecule has 5 aromatic rings. The van der Waals surface area contributed by atoms with Crippen LogP contribution in [-0.2, 0) is 21.4 Å². The summed E-state index contributed by atoms with van der Waals surface area (Å²) in [5.74, 6) is 3.16. The van der Waals surface area contributed by atoms with Crippen LogP contribution in [0.4, 0.5) is 0 Å². The summed E-state index contributed by atoms with van der Waals surface area (Å²) in [6, 6.07) is 27.1. The monoisotopic (exact) mass is 682 g/mol. The molecule has 51 heavy (non-hydrogen) atoms. The van der Waals surface area contributed by atoms with Gasteiger partial charge in [-0.05, 0) is 63.1 Å². The van der Waals surface area contributed by atoms with E-state index in [0.29, 0.717) is 28.7 Å². The van der Waals surface area contributed by atoms with Crippen LogP contribution in [0.3, 0.4) is 0 Å². The Bertz CT molecular complexity index is 2160.